The second kappa shape index (κ2) is 5.93. The first-order chi connectivity index (χ1) is 11.0. The summed E-state index contributed by atoms with van der Waals surface area (Å²) in [6.45, 7) is 3.23. The van der Waals surface area contributed by atoms with Crippen LogP contribution in [0.1, 0.15) is 19.8 Å². The topological polar surface area (TPSA) is 91.1 Å². The fraction of sp³-hybridized carbons (Fsp3) is 0.533. The maximum absolute atomic E-state index is 12.9. The van der Waals surface area contributed by atoms with E-state index < -0.39 is 5.69 Å². The zero-order valence-corrected chi connectivity index (χ0v) is 13.3. The van der Waals surface area contributed by atoms with Crippen LogP contribution in [-0.4, -0.2) is 37.9 Å². The SMILES string of the molecule is CC#CCn1cnc2c1c(=O)n(N1CCC[C@@H](N)C1)c(=O)n2C. The number of piperidine rings is 1. The molecule has 0 aliphatic carbocycles. The first kappa shape index (κ1) is 15.4. The molecule has 122 valence electrons. The number of nitrogens with zero attached hydrogens (tertiary/aromatic N) is 5. The van der Waals surface area contributed by atoms with E-state index in [4.69, 9.17) is 5.73 Å². The summed E-state index contributed by atoms with van der Waals surface area (Å²) in [5.74, 6) is 5.71. The summed E-state index contributed by atoms with van der Waals surface area (Å²) in [4.78, 5) is 29.7. The molecule has 1 fully saturated rings. The van der Waals surface area contributed by atoms with E-state index in [1.807, 2.05) is 0 Å². The Balaban J connectivity index is 2.23. The van der Waals surface area contributed by atoms with E-state index in [0.717, 1.165) is 12.8 Å². The number of aromatic nitrogens is 4. The van der Waals surface area contributed by atoms with Crippen LogP contribution < -0.4 is 22.0 Å². The predicted octanol–water partition coefficient (Wildman–Crippen LogP) is -1.02. The van der Waals surface area contributed by atoms with Crippen molar-refractivity contribution >= 4 is 11.2 Å². The monoisotopic (exact) mass is 316 g/mol. The summed E-state index contributed by atoms with van der Waals surface area (Å²) in [7, 11) is 1.62. The first-order valence-electron chi connectivity index (χ1n) is 7.62. The van der Waals surface area contributed by atoms with Crippen LogP contribution in [0.15, 0.2) is 15.9 Å². The molecule has 8 heteroatoms. The van der Waals surface area contributed by atoms with Crippen LogP contribution in [0.5, 0.6) is 0 Å². The number of hydrogen-bond acceptors (Lipinski definition) is 5. The molecule has 3 heterocycles. The standard InChI is InChI=1S/C15H20N6O2/c1-3-4-7-19-10-17-13-12(19)14(22)21(15(23)18(13)2)20-8-5-6-11(16)9-20/h10-11H,5-9,16H2,1-2H3/t11-/m1/s1. The Morgan fingerprint density at radius 2 is 2.22 bits per heavy atom. The molecule has 8 nitrogen and oxygen atoms in total. The lowest BCUT2D eigenvalue weighted by Gasteiger charge is -2.32. The second-order valence-corrected chi connectivity index (χ2v) is 5.74. The lowest BCUT2D eigenvalue weighted by Crippen LogP contribution is -2.58. The second-order valence-electron chi connectivity index (χ2n) is 5.74. The third kappa shape index (κ3) is 2.53. The lowest BCUT2D eigenvalue weighted by molar-refractivity contribution is 0.413. The van der Waals surface area contributed by atoms with Crippen LogP contribution in [0, 0.1) is 11.8 Å². The van der Waals surface area contributed by atoms with E-state index in [0.29, 0.717) is 30.8 Å². The van der Waals surface area contributed by atoms with Gasteiger partial charge in [-0.25, -0.2) is 9.78 Å². The summed E-state index contributed by atoms with van der Waals surface area (Å²) in [5.41, 5.74) is 5.97. The first-order valence-corrected chi connectivity index (χ1v) is 7.62. The quantitative estimate of drug-likeness (QED) is 0.716. The molecule has 2 aromatic heterocycles. The van der Waals surface area contributed by atoms with Gasteiger partial charge >= 0.3 is 11.2 Å². The number of hydrogen-bond donors (Lipinski definition) is 1. The molecule has 0 saturated carbocycles. The average Bonchev–Trinajstić information content (AvgIpc) is 2.95. The third-order valence-corrected chi connectivity index (χ3v) is 4.14. The van der Waals surface area contributed by atoms with Gasteiger partial charge in [-0.2, -0.15) is 4.68 Å². The summed E-state index contributed by atoms with van der Waals surface area (Å²) < 4.78 is 4.26. The van der Waals surface area contributed by atoms with Gasteiger partial charge in [0.15, 0.2) is 11.2 Å². The number of imidazole rings is 1. The highest BCUT2D eigenvalue weighted by molar-refractivity contribution is 5.70. The fourth-order valence-corrected chi connectivity index (χ4v) is 2.96. The molecule has 0 radical (unpaired) electrons. The van der Waals surface area contributed by atoms with Crippen molar-refractivity contribution in [1.82, 2.24) is 18.8 Å². The van der Waals surface area contributed by atoms with Crippen molar-refractivity contribution < 1.29 is 0 Å². The van der Waals surface area contributed by atoms with Crippen LogP contribution in [0.4, 0.5) is 0 Å². The van der Waals surface area contributed by atoms with E-state index >= 15 is 0 Å². The zero-order valence-electron chi connectivity index (χ0n) is 13.3. The van der Waals surface area contributed by atoms with Crippen LogP contribution in [0.25, 0.3) is 11.2 Å². The molecule has 1 aliphatic heterocycles. The number of rotatable bonds is 2. The number of aryl methyl sites for hydroxylation is 1. The van der Waals surface area contributed by atoms with Crippen LogP contribution >= 0.6 is 0 Å². The van der Waals surface area contributed by atoms with Gasteiger partial charge in [0.25, 0.3) is 0 Å². The Morgan fingerprint density at radius 3 is 2.91 bits per heavy atom. The Kier molecular flexibility index (Phi) is 3.96. The molecule has 0 aromatic carbocycles. The van der Waals surface area contributed by atoms with Gasteiger partial charge in [-0.05, 0) is 19.8 Å². The number of fused-ring (bicyclic) bond motifs is 1. The van der Waals surface area contributed by atoms with E-state index in [2.05, 4.69) is 16.8 Å². The van der Waals surface area contributed by atoms with E-state index in [1.165, 1.54) is 9.24 Å². The van der Waals surface area contributed by atoms with Crippen LogP contribution in [0.2, 0.25) is 0 Å². The Morgan fingerprint density at radius 1 is 1.43 bits per heavy atom. The van der Waals surface area contributed by atoms with Gasteiger partial charge in [0.2, 0.25) is 0 Å². The smallest absolute Gasteiger partial charge is 0.326 e. The highest BCUT2D eigenvalue weighted by atomic mass is 16.2. The van der Waals surface area contributed by atoms with Crippen molar-refractivity contribution in [1.29, 1.82) is 0 Å². The largest absolute Gasteiger partial charge is 0.351 e. The minimum absolute atomic E-state index is 0.0353. The molecule has 0 spiro atoms. The van der Waals surface area contributed by atoms with Crippen LogP contribution in [-0.2, 0) is 13.6 Å². The molecule has 1 atom stereocenters. The molecular weight excluding hydrogens is 296 g/mol. The molecule has 0 bridgehead atoms. The van der Waals surface area contributed by atoms with Crippen LogP contribution in [0.3, 0.4) is 0 Å². The third-order valence-electron chi connectivity index (χ3n) is 4.14. The molecule has 1 aliphatic rings. The predicted molar refractivity (Wildman–Crippen MR) is 87.8 cm³/mol. The van der Waals surface area contributed by atoms with E-state index in [1.54, 1.807) is 29.9 Å². The van der Waals surface area contributed by atoms with Crippen molar-refractivity contribution in [3.63, 3.8) is 0 Å². The molecular formula is C15H20N6O2. The summed E-state index contributed by atoms with van der Waals surface area (Å²) in [5, 5.41) is 1.74. The van der Waals surface area contributed by atoms with Gasteiger partial charge in [0, 0.05) is 26.2 Å². The van der Waals surface area contributed by atoms with E-state index in [9.17, 15) is 9.59 Å². The van der Waals surface area contributed by atoms with E-state index in [-0.39, 0.29) is 11.6 Å². The average molecular weight is 316 g/mol. The molecule has 1 saturated heterocycles. The summed E-state index contributed by atoms with van der Waals surface area (Å²) in [6, 6.07) is -0.0353. The summed E-state index contributed by atoms with van der Waals surface area (Å²) >= 11 is 0. The molecule has 2 aromatic rings. The normalized spacial score (nSPS) is 18.0. The number of nitrogens with two attached hydrogens (primary N) is 1. The molecule has 23 heavy (non-hydrogen) atoms. The molecule has 2 N–H and O–H groups in total. The van der Waals surface area contributed by atoms with Gasteiger partial charge in [0.1, 0.15) is 0 Å². The maximum atomic E-state index is 12.9. The maximum Gasteiger partial charge on any atom is 0.351 e. The Hall–Kier alpha value is -2.53. The van der Waals surface area contributed by atoms with Gasteiger partial charge in [0.05, 0.1) is 12.9 Å². The Labute approximate surface area is 133 Å². The van der Waals surface area contributed by atoms with Crippen molar-refractivity contribution in [2.45, 2.75) is 32.4 Å². The van der Waals surface area contributed by atoms with Gasteiger partial charge < -0.3 is 15.3 Å². The Bertz CT molecular complexity index is 910. The van der Waals surface area contributed by atoms with Crippen molar-refractivity contribution in [3.05, 3.63) is 27.2 Å². The van der Waals surface area contributed by atoms with Crippen molar-refractivity contribution in [3.8, 4) is 11.8 Å². The summed E-state index contributed by atoms with van der Waals surface area (Å²) in [6.07, 6.45) is 3.30. The zero-order chi connectivity index (χ0) is 16.6. The van der Waals surface area contributed by atoms with Crippen molar-refractivity contribution in [2.24, 2.45) is 12.8 Å². The highest BCUT2D eigenvalue weighted by Gasteiger charge is 2.23. The molecule has 0 amide bonds. The van der Waals surface area contributed by atoms with Gasteiger partial charge in [-0.1, -0.05) is 5.92 Å². The highest BCUT2D eigenvalue weighted by Crippen LogP contribution is 2.08. The van der Waals surface area contributed by atoms with Gasteiger partial charge in [-0.3, -0.25) is 9.36 Å². The minimum atomic E-state index is -0.400. The van der Waals surface area contributed by atoms with Crippen molar-refractivity contribution in [2.75, 3.05) is 18.1 Å². The lowest BCUT2D eigenvalue weighted by atomic mass is 10.1. The molecule has 0 unspecified atom stereocenters. The fourth-order valence-electron chi connectivity index (χ4n) is 2.96. The van der Waals surface area contributed by atoms with Gasteiger partial charge in [-0.15, -0.1) is 5.92 Å². The minimum Gasteiger partial charge on any atom is -0.326 e. The molecule has 3 rings (SSSR count).